The molecule has 1 nitrogen and oxygen atoms in total. The summed E-state index contributed by atoms with van der Waals surface area (Å²) in [5.74, 6) is 2.52. The number of nitrogens with two attached hydrogens (primary N) is 1. The van der Waals surface area contributed by atoms with E-state index in [2.05, 4.69) is 20.8 Å². The minimum atomic E-state index is 0.452. The highest BCUT2D eigenvalue weighted by atomic mass is 14.7. The van der Waals surface area contributed by atoms with E-state index in [4.69, 9.17) is 5.73 Å². The standard InChI is InChI=1S/C12H25N/c1-4-12(13)11-8-6-5-7-10(11)9(2)3/h9-12H,4-8,13H2,1-3H3. The SMILES string of the molecule is CCC(N)C1CCCCC1C(C)C. The van der Waals surface area contributed by atoms with Gasteiger partial charge in [-0.2, -0.15) is 0 Å². The molecule has 0 saturated heterocycles. The van der Waals surface area contributed by atoms with Crippen LogP contribution in [-0.4, -0.2) is 6.04 Å². The van der Waals surface area contributed by atoms with Crippen molar-refractivity contribution < 1.29 is 0 Å². The molecule has 1 heteroatoms. The van der Waals surface area contributed by atoms with E-state index in [1.54, 1.807) is 0 Å². The molecule has 0 amide bonds. The second kappa shape index (κ2) is 4.99. The van der Waals surface area contributed by atoms with Crippen LogP contribution >= 0.6 is 0 Å². The van der Waals surface area contributed by atoms with Gasteiger partial charge in [0.05, 0.1) is 0 Å². The Morgan fingerprint density at radius 1 is 1.15 bits per heavy atom. The first-order valence-electron chi connectivity index (χ1n) is 5.92. The molecule has 78 valence electrons. The van der Waals surface area contributed by atoms with E-state index in [9.17, 15) is 0 Å². The topological polar surface area (TPSA) is 26.0 Å². The van der Waals surface area contributed by atoms with Crippen LogP contribution in [0.3, 0.4) is 0 Å². The first kappa shape index (κ1) is 11.0. The van der Waals surface area contributed by atoms with Crippen molar-refractivity contribution >= 4 is 0 Å². The van der Waals surface area contributed by atoms with Gasteiger partial charge in [-0.1, -0.05) is 33.6 Å². The largest absolute Gasteiger partial charge is 0.327 e. The van der Waals surface area contributed by atoms with Crippen molar-refractivity contribution in [3.63, 3.8) is 0 Å². The van der Waals surface area contributed by atoms with E-state index < -0.39 is 0 Å². The number of rotatable bonds is 3. The highest BCUT2D eigenvalue weighted by Gasteiger charge is 2.30. The summed E-state index contributed by atoms with van der Waals surface area (Å²) in [6.45, 7) is 6.92. The Morgan fingerprint density at radius 3 is 2.15 bits per heavy atom. The summed E-state index contributed by atoms with van der Waals surface area (Å²) in [6.07, 6.45) is 6.76. The van der Waals surface area contributed by atoms with E-state index in [0.29, 0.717) is 6.04 Å². The third kappa shape index (κ3) is 2.70. The molecule has 1 aliphatic rings. The Kier molecular flexibility index (Phi) is 4.24. The molecule has 1 saturated carbocycles. The highest BCUT2D eigenvalue weighted by molar-refractivity contribution is 4.83. The Morgan fingerprint density at radius 2 is 1.69 bits per heavy atom. The highest BCUT2D eigenvalue weighted by Crippen LogP contribution is 2.37. The average Bonchev–Trinajstić information content (AvgIpc) is 2.16. The molecule has 3 atom stereocenters. The van der Waals surface area contributed by atoms with Gasteiger partial charge in [0.15, 0.2) is 0 Å². The lowest BCUT2D eigenvalue weighted by Crippen LogP contribution is -2.38. The summed E-state index contributed by atoms with van der Waals surface area (Å²) >= 11 is 0. The van der Waals surface area contributed by atoms with E-state index in [0.717, 1.165) is 24.2 Å². The van der Waals surface area contributed by atoms with Crippen LogP contribution in [0.2, 0.25) is 0 Å². The van der Waals surface area contributed by atoms with Crippen molar-refractivity contribution in [2.45, 2.75) is 58.9 Å². The third-order valence-corrected chi connectivity index (χ3v) is 3.75. The van der Waals surface area contributed by atoms with Crippen LogP contribution in [0.4, 0.5) is 0 Å². The van der Waals surface area contributed by atoms with Gasteiger partial charge in [0.1, 0.15) is 0 Å². The summed E-state index contributed by atoms with van der Waals surface area (Å²) in [7, 11) is 0. The van der Waals surface area contributed by atoms with Crippen LogP contribution < -0.4 is 5.73 Å². The number of hydrogen-bond acceptors (Lipinski definition) is 1. The van der Waals surface area contributed by atoms with Crippen molar-refractivity contribution in [2.75, 3.05) is 0 Å². The molecule has 0 aromatic heterocycles. The maximum Gasteiger partial charge on any atom is 0.00672 e. The van der Waals surface area contributed by atoms with Crippen LogP contribution in [0.15, 0.2) is 0 Å². The van der Waals surface area contributed by atoms with Crippen molar-refractivity contribution in [1.29, 1.82) is 0 Å². The van der Waals surface area contributed by atoms with E-state index >= 15 is 0 Å². The molecule has 0 aromatic rings. The van der Waals surface area contributed by atoms with E-state index in [1.807, 2.05) is 0 Å². The fourth-order valence-electron chi connectivity index (χ4n) is 2.85. The molecule has 13 heavy (non-hydrogen) atoms. The fourth-order valence-corrected chi connectivity index (χ4v) is 2.85. The second-order valence-corrected chi connectivity index (χ2v) is 4.93. The zero-order chi connectivity index (χ0) is 9.84. The maximum absolute atomic E-state index is 6.18. The minimum Gasteiger partial charge on any atom is -0.327 e. The predicted molar refractivity (Wildman–Crippen MR) is 58.6 cm³/mol. The summed E-state index contributed by atoms with van der Waals surface area (Å²) in [5.41, 5.74) is 6.18. The lowest BCUT2D eigenvalue weighted by molar-refractivity contribution is 0.151. The molecule has 0 heterocycles. The van der Waals surface area contributed by atoms with Gasteiger partial charge in [0.2, 0.25) is 0 Å². The first-order chi connectivity index (χ1) is 6.16. The van der Waals surface area contributed by atoms with E-state index in [1.165, 1.54) is 25.7 Å². The van der Waals surface area contributed by atoms with Crippen molar-refractivity contribution in [3.8, 4) is 0 Å². The second-order valence-electron chi connectivity index (χ2n) is 4.93. The van der Waals surface area contributed by atoms with Gasteiger partial charge < -0.3 is 5.73 Å². The lowest BCUT2D eigenvalue weighted by Gasteiger charge is -2.37. The van der Waals surface area contributed by atoms with Gasteiger partial charge in [-0.15, -0.1) is 0 Å². The normalized spacial score (nSPS) is 32.1. The summed E-state index contributed by atoms with van der Waals surface area (Å²) in [6, 6.07) is 0.452. The first-order valence-corrected chi connectivity index (χ1v) is 5.92. The van der Waals surface area contributed by atoms with Gasteiger partial charge in [-0.05, 0) is 37.0 Å². The summed E-state index contributed by atoms with van der Waals surface area (Å²) < 4.78 is 0. The van der Waals surface area contributed by atoms with Crippen LogP contribution in [0.5, 0.6) is 0 Å². The van der Waals surface area contributed by atoms with E-state index in [-0.39, 0.29) is 0 Å². The van der Waals surface area contributed by atoms with Crippen molar-refractivity contribution in [2.24, 2.45) is 23.5 Å². The van der Waals surface area contributed by atoms with Crippen LogP contribution in [0.25, 0.3) is 0 Å². The Labute approximate surface area is 83.1 Å². The molecule has 1 fully saturated rings. The summed E-state index contributed by atoms with van der Waals surface area (Å²) in [5, 5.41) is 0. The molecular formula is C12H25N. The van der Waals surface area contributed by atoms with Gasteiger partial charge in [-0.25, -0.2) is 0 Å². The smallest absolute Gasteiger partial charge is 0.00672 e. The van der Waals surface area contributed by atoms with Gasteiger partial charge in [-0.3, -0.25) is 0 Å². The van der Waals surface area contributed by atoms with Gasteiger partial charge >= 0.3 is 0 Å². The maximum atomic E-state index is 6.18. The van der Waals surface area contributed by atoms with Gasteiger partial charge in [0, 0.05) is 6.04 Å². The monoisotopic (exact) mass is 183 g/mol. The van der Waals surface area contributed by atoms with Gasteiger partial charge in [0.25, 0.3) is 0 Å². The zero-order valence-electron chi connectivity index (χ0n) is 9.42. The molecular weight excluding hydrogens is 158 g/mol. The Bertz CT molecular complexity index is 142. The summed E-state index contributed by atoms with van der Waals surface area (Å²) in [4.78, 5) is 0. The minimum absolute atomic E-state index is 0.452. The third-order valence-electron chi connectivity index (χ3n) is 3.75. The molecule has 0 aromatic carbocycles. The Balaban J connectivity index is 2.56. The lowest BCUT2D eigenvalue weighted by atomic mass is 9.70. The Hall–Kier alpha value is -0.0400. The molecule has 0 bridgehead atoms. The molecule has 0 radical (unpaired) electrons. The van der Waals surface area contributed by atoms with Crippen LogP contribution in [-0.2, 0) is 0 Å². The fraction of sp³-hybridized carbons (Fsp3) is 1.00. The average molecular weight is 183 g/mol. The van der Waals surface area contributed by atoms with Crippen LogP contribution in [0.1, 0.15) is 52.9 Å². The molecule has 0 spiro atoms. The van der Waals surface area contributed by atoms with Crippen molar-refractivity contribution in [3.05, 3.63) is 0 Å². The predicted octanol–water partition coefficient (Wildman–Crippen LogP) is 3.19. The molecule has 1 aliphatic carbocycles. The molecule has 1 rings (SSSR count). The van der Waals surface area contributed by atoms with Crippen LogP contribution in [0, 0.1) is 17.8 Å². The quantitative estimate of drug-likeness (QED) is 0.714. The molecule has 2 N–H and O–H groups in total. The zero-order valence-corrected chi connectivity index (χ0v) is 9.42. The van der Waals surface area contributed by atoms with Crippen molar-refractivity contribution in [1.82, 2.24) is 0 Å². The molecule has 0 aliphatic heterocycles. The number of hydrogen-bond donors (Lipinski definition) is 1. The molecule has 3 unspecified atom stereocenters.